The third-order valence-corrected chi connectivity index (χ3v) is 5.42. The number of rotatable bonds is 7. The van der Waals surface area contributed by atoms with Gasteiger partial charge < -0.3 is 20.1 Å². The van der Waals surface area contributed by atoms with Crippen LogP contribution in [0.25, 0.3) is 11.1 Å². The van der Waals surface area contributed by atoms with Crippen molar-refractivity contribution in [1.29, 1.82) is 0 Å². The fraction of sp³-hybridized carbons (Fsp3) is 0.480. The Morgan fingerprint density at radius 3 is 2.61 bits per heavy atom. The fourth-order valence-corrected chi connectivity index (χ4v) is 4.24. The Hall–Kier alpha value is -2.80. The molecular weight excluding hydrogens is 442 g/mol. The van der Waals surface area contributed by atoms with Crippen molar-refractivity contribution in [3.05, 3.63) is 46.7 Å². The number of amides is 2. The predicted octanol–water partition coefficient (Wildman–Crippen LogP) is 5.35. The second kappa shape index (κ2) is 9.59. The lowest BCUT2D eigenvalue weighted by Crippen LogP contribution is -2.52. The van der Waals surface area contributed by atoms with E-state index in [-0.39, 0.29) is 12.5 Å². The Kier molecular flexibility index (Phi) is 7.22. The van der Waals surface area contributed by atoms with Crippen LogP contribution in [0.3, 0.4) is 0 Å². The molecule has 2 aromatic rings. The molecule has 8 heteroatoms. The number of halogens is 1. The number of nitrogens with one attached hydrogen (secondary N) is 2. The molecule has 2 N–H and O–H groups in total. The molecule has 0 saturated carbocycles. The Bertz CT molecular complexity index is 1050. The summed E-state index contributed by atoms with van der Waals surface area (Å²) in [4.78, 5) is 28.9. The molecule has 0 saturated heterocycles. The van der Waals surface area contributed by atoms with E-state index in [0.29, 0.717) is 35.2 Å². The molecule has 1 aromatic heterocycles. The lowest BCUT2D eigenvalue weighted by Gasteiger charge is -2.33. The number of hydrogen-bond acceptors (Lipinski definition) is 5. The Balaban J connectivity index is 1.77. The predicted molar refractivity (Wildman–Crippen MR) is 129 cm³/mol. The normalized spacial score (nSPS) is 15.0. The maximum Gasteiger partial charge on any atom is 0.408 e. The smallest absolute Gasteiger partial charge is 0.408 e. The van der Waals surface area contributed by atoms with E-state index in [1.165, 1.54) is 0 Å². The summed E-state index contributed by atoms with van der Waals surface area (Å²) in [6.07, 6.45) is 1.90. The maximum atomic E-state index is 12.4. The van der Waals surface area contributed by atoms with Crippen LogP contribution in [-0.2, 0) is 11.3 Å². The number of carbonyl (C=O) groups excluding carboxylic acids is 2. The number of alkyl carbamates (subject to hydrolysis) is 1. The maximum absolute atomic E-state index is 12.4. The quantitative estimate of drug-likeness (QED) is 0.565. The first-order valence-corrected chi connectivity index (χ1v) is 11.4. The van der Waals surface area contributed by atoms with E-state index in [0.717, 1.165) is 16.8 Å². The van der Waals surface area contributed by atoms with Crippen LogP contribution in [0.1, 0.15) is 64.0 Å². The molecule has 0 fully saturated rings. The van der Waals surface area contributed by atoms with Gasteiger partial charge in [-0.25, -0.2) is 4.79 Å². The summed E-state index contributed by atoms with van der Waals surface area (Å²) >= 11 is 6.54. The van der Waals surface area contributed by atoms with Crippen LogP contribution < -0.4 is 15.4 Å². The average Bonchev–Trinajstić information content (AvgIpc) is 3.06. The van der Waals surface area contributed by atoms with Gasteiger partial charge in [0.1, 0.15) is 18.0 Å². The highest BCUT2D eigenvalue weighted by molar-refractivity contribution is 6.32. The molecule has 178 valence electrons. The van der Waals surface area contributed by atoms with E-state index < -0.39 is 17.2 Å². The fourth-order valence-electron chi connectivity index (χ4n) is 4.01. The van der Waals surface area contributed by atoms with Crippen molar-refractivity contribution in [1.82, 2.24) is 15.6 Å². The van der Waals surface area contributed by atoms with Crippen molar-refractivity contribution in [2.45, 2.75) is 65.6 Å². The first-order chi connectivity index (χ1) is 15.4. The molecule has 7 nitrogen and oxygen atoms in total. The molecule has 0 radical (unpaired) electrons. The number of fused-ring (bicyclic) bond motifs is 1. The van der Waals surface area contributed by atoms with Gasteiger partial charge in [0, 0.05) is 6.20 Å². The molecule has 1 unspecified atom stereocenters. The van der Waals surface area contributed by atoms with Crippen LogP contribution in [-0.4, -0.2) is 34.7 Å². The number of pyridine rings is 1. The number of benzene rings is 1. The van der Waals surface area contributed by atoms with Crippen LogP contribution in [0.2, 0.25) is 5.02 Å². The minimum Gasteiger partial charge on any atom is -0.490 e. The summed E-state index contributed by atoms with van der Waals surface area (Å²) in [5, 5.41) is 6.18. The van der Waals surface area contributed by atoms with Crippen molar-refractivity contribution in [3.8, 4) is 16.9 Å². The van der Waals surface area contributed by atoms with Gasteiger partial charge in [-0.05, 0) is 69.4 Å². The molecule has 0 bridgehead atoms. The molecule has 1 aromatic carbocycles. The molecule has 1 atom stereocenters. The molecule has 0 spiro atoms. The highest BCUT2D eigenvalue weighted by Gasteiger charge is 2.31. The van der Waals surface area contributed by atoms with Gasteiger partial charge in [0.2, 0.25) is 0 Å². The van der Waals surface area contributed by atoms with Gasteiger partial charge in [-0.3, -0.25) is 9.78 Å². The minimum absolute atomic E-state index is 0.137. The van der Waals surface area contributed by atoms with Crippen molar-refractivity contribution in [2.24, 2.45) is 5.92 Å². The monoisotopic (exact) mass is 473 g/mol. The summed E-state index contributed by atoms with van der Waals surface area (Å²) in [5.74, 6) is 0.685. The number of nitrogens with zero attached hydrogens (tertiary/aromatic N) is 1. The van der Waals surface area contributed by atoms with Gasteiger partial charge in [0.05, 0.1) is 28.4 Å². The third-order valence-electron chi connectivity index (χ3n) is 5.12. The Morgan fingerprint density at radius 1 is 1.24 bits per heavy atom. The second-order valence-corrected chi connectivity index (χ2v) is 10.5. The topological polar surface area (TPSA) is 89.5 Å². The largest absolute Gasteiger partial charge is 0.490 e. The number of carbonyl (C=O) groups is 2. The summed E-state index contributed by atoms with van der Waals surface area (Å²) in [5.41, 5.74) is 1.65. The van der Waals surface area contributed by atoms with Crippen molar-refractivity contribution >= 4 is 23.6 Å². The zero-order valence-electron chi connectivity index (χ0n) is 20.0. The zero-order valence-corrected chi connectivity index (χ0v) is 20.8. The van der Waals surface area contributed by atoms with Gasteiger partial charge in [-0.1, -0.05) is 31.5 Å². The van der Waals surface area contributed by atoms with Crippen molar-refractivity contribution < 1.29 is 19.1 Å². The van der Waals surface area contributed by atoms with Crippen molar-refractivity contribution in [3.63, 3.8) is 0 Å². The molecule has 2 amide bonds. The van der Waals surface area contributed by atoms with E-state index >= 15 is 0 Å². The number of aromatic nitrogens is 1. The molecule has 33 heavy (non-hydrogen) atoms. The van der Waals surface area contributed by atoms with Crippen molar-refractivity contribution in [2.75, 3.05) is 6.61 Å². The van der Waals surface area contributed by atoms with E-state index in [1.54, 1.807) is 24.4 Å². The van der Waals surface area contributed by atoms with Gasteiger partial charge >= 0.3 is 6.09 Å². The zero-order chi connectivity index (χ0) is 24.4. The van der Waals surface area contributed by atoms with E-state index in [1.807, 2.05) is 33.8 Å². The summed E-state index contributed by atoms with van der Waals surface area (Å²) in [7, 11) is 0. The van der Waals surface area contributed by atoms with Crippen LogP contribution in [0.15, 0.2) is 30.5 Å². The molecule has 1 aliphatic rings. The average molecular weight is 474 g/mol. The lowest BCUT2D eigenvalue weighted by atomic mass is 9.91. The highest BCUT2D eigenvalue weighted by Crippen LogP contribution is 2.34. The Morgan fingerprint density at radius 2 is 1.97 bits per heavy atom. The van der Waals surface area contributed by atoms with Crippen LogP contribution in [0, 0.1) is 5.92 Å². The molecule has 0 aliphatic carbocycles. The summed E-state index contributed by atoms with van der Waals surface area (Å²) in [6, 6.07) is 7.23. The molecule has 1 aliphatic heterocycles. The van der Waals surface area contributed by atoms with E-state index in [2.05, 4.69) is 29.5 Å². The van der Waals surface area contributed by atoms with E-state index in [4.69, 9.17) is 21.1 Å². The minimum atomic E-state index is -0.650. The van der Waals surface area contributed by atoms with Crippen LogP contribution in [0.4, 0.5) is 4.79 Å². The summed E-state index contributed by atoms with van der Waals surface area (Å²) in [6.45, 7) is 12.2. The first kappa shape index (κ1) is 24.8. The van der Waals surface area contributed by atoms with Crippen LogP contribution in [0.5, 0.6) is 5.75 Å². The molecule has 2 heterocycles. The van der Waals surface area contributed by atoms with Crippen LogP contribution >= 0.6 is 11.6 Å². The van der Waals surface area contributed by atoms with Gasteiger partial charge in [-0.15, -0.1) is 0 Å². The number of hydrogen-bond donors (Lipinski definition) is 2. The third kappa shape index (κ3) is 6.38. The molecular formula is C25H32ClN3O4. The highest BCUT2D eigenvalue weighted by atomic mass is 35.5. The Labute approximate surface area is 200 Å². The second-order valence-electron chi connectivity index (χ2n) is 10.1. The summed E-state index contributed by atoms with van der Waals surface area (Å²) < 4.78 is 11.5. The van der Waals surface area contributed by atoms with Gasteiger partial charge in [0.25, 0.3) is 5.91 Å². The van der Waals surface area contributed by atoms with Gasteiger partial charge in [0.15, 0.2) is 0 Å². The van der Waals surface area contributed by atoms with Gasteiger partial charge in [-0.2, -0.15) is 0 Å². The standard InChI is InChI=1S/C25H32ClN3O4/c1-15(2)12-25(6,29-23(31)33-24(3,4)5)14-32-20-8-7-16(11-18(20)26)17-9-10-27-19-13-28-22(30)21(17)19/h7-11,15H,12-14H2,1-6H3,(H,28,30)(H,29,31). The molecule has 3 rings (SSSR count). The SMILES string of the molecule is CC(C)CC(C)(COc1ccc(-c2ccnc3c2C(=O)NC3)cc1Cl)NC(=O)OC(C)(C)C. The number of ether oxygens (including phenoxy) is 2. The first-order valence-electron chi connectivity index (χ1n) is 11.1. The van der Waals surface area contributed by atoms with E-state index in [9.17, 15) is 9.59 Å². The lowest BCUT2D eigenvalue weighted by molar-refractivity contribution is 0.0408.